The predicted octanol–water partition coefficient (Wildman–Crippen LogP) is 2.71. The van der Waals surface area contributed by atoms with E-state index in [2.05, 4.69) is 41.3 Å². The van der Waals surface area contributed by atoms with Crippen LogP contribution in [0.2, 0.25) is 0 Å². The first kappa shape index (κ1) is 22.9. The number of guanidine groups is 1. The Hall–Kier alpha value is -0.0800. The molecule has 138 valence electrons. The standard InChI is InChI=1S/C17H36N4O.HI/c1-15(2)7-8-16(3)20-17(18-4)19-9-5-6-10-21-11-13-22-14-12-21;/h15-16H,5-14H2,1-4H3,(H2,18,19,20);1H. The highest BCUT2D eigenvalue weighted by molar-refractivity contribution is 14.0. The van der Waals surface area contributed by atoms with Crippen LogP contribution in [0.4, 0.5) is 0 Å². The number of unbranched alkanes of at least 4 members (excludes halogenated alkanes) is 1. The Balaban J connectivity index is 0.00000484. The number of hydrogen-bond acceptors (Lipinski definition) is 3. The summed E-state index contributed by atoms with van der Waals surface area (Å²) in [6, 6.07) is 0.474. The first-order valence-corrected chi connectivity index (χ1v) is 8.89. The average molecular weight is 440 g/mol. The molecule has 1 fully saturated rings. The van der Waals surface area contributed by atoms with Crippen LogP contribution in [0, 0.1) is 5.92 Å². The van der Waals surface area contributed by atoms with E-state index in [9.17, 15) is 0 Å². The smallest absolute Gasteiger partial charge is 0.191 e. The van der Waals surface area contributed by atoms with Crippen LogP contribution in [-0.4, -0.2) is 63.3 Å². The van der Waals surface area contributed by atoms with Gasteiger partial charge in [-0.3, -0.25) is 9.89 Å². The molecule has 23 heavy (non-hydrogen) atoms. The molecule has 0 aromatic carbocycles. The maximum atomic E-state index is 5.37. The zero-order valence-electron chi connectivity index (χ0n) is 15.4. The number of hydrogen-bond donors (Lipinski definition) is 2. The van der Waals surface area contributed by atoms with Gasteiger partial charge in [0.25, 0.3) is 0 Å². The summed E-state index contributed by atoms with van der Waals surface area (Å²) in [5, 5.41) is 6.90. The minimum atomic E-state index is 0. The highest BCUT2D eigenvalue weighted by Crippen LogP contribution is 2.06. The van der Waals surface area contributed by atoms with Crippen molar-refractivity contribution in [2.45, 2.75) is 52.5 Å². The third-order valence-corrected chi connectivity index (χ3v) is 4.08. The van der Waals surface area contributed by atoms with Gasteiger partial charge in [0, 0.05) is 32.7 Å². The van der Waals surface area contributed by atoms with Crippen LogP contribution in [0.3, 0.4) is 0 Å². The van der Waals surface area contributed by atoms with E-state index in [0.29, 0.717) is 6.04 Å². The highest BCUT2D eigenvalue weighted by Gasteiger charge is 2.09. The molecule has 1 aliphatic rings. The van der Waals surface area contributed by atoms with Crippen LogP contribution >= 0.6 is 24.0 Å². The minimum Gasteiger partial charge on any atom is -0.379 e. The maximum absolute atomic E-state index is 5.37. The van der Waals surface area contributed by atoms with Gasteiger partial charge in [-0.25, -0.2) is 0 Å². The molecule has 2 N–H and O–H groups in total. The van der Waals surface area contributed by atoms with E-state index < -0.39 is 0 Å². The van der Waals surface area contributed by atoms with Crippen molar-refractivity contribution in [2.24, 2.45) is 10.9 Å². The van der Waals surface area contributed by atoms with Gasteiger partial charge in [-0.05, 0) is 45.1 Å². The Kier molecular flexibility index (Phi) is 14.2. The van der Waals surface area contributed by atoms with E-state index in [0.717, 1.165) is 44.7 Å². The second-order valence-electron chi connectivity index (χ2n) is 6.68. The molecule has 5 nitrogen and oxygen atoms in total. The molecule has 6 heteroatoms. The summed E-state index contributed by atoms with van der Waals surface area (Å²) in [7, 11) is 1.85. The van der Waals surface area contributed by atoms with Crippen molar-refractivity contribution in [3.05, 3.63) is 0 Å². The predicted molar refractivity (Wildman–Crippen MR) is 110 cm³/mol. The van der Waals surface area contributed by atoms with E-state index in [1.165, 1.54) is 32.2 Å². The van der Waals surface area contributed by atoms with Gasteiger partial charge >= 0.3 is 0 Å². The minimum absolute atomic E-state index is 0. The van der Waals surface area contributed by atoms with Crippen LogP contribution in [0.1, 0.15) is 46.5 Å². The van der Waals surface area contributed by atoms with Gasteiger partial charge < -0.3 is 15.4 Å². The first-order valence-electron chi connectivity index (χ1n) is 8.89. The molecule has 0 saturated carbocycles. The summed E-state index contributed by atoms with van der Waals surface area (Å²) in [5.74, 6) is 1.70. The number of rotatable bonds is 9. The molecule has 1 aliphatic heterocycles. The molecule has 0 aromatic rings. The van der Waals surface area contributed by atoms with Crippen molar-refractivity contribution in [2.75, 3.05) is 46.4 Å². The average Bonchev–Trinajstić information content (AvgIpc) is 2.52. The van der Waals surface area contributed by atoms with Crippen molar-refractivity contribution < 1.29 is 4.74 Å². The topological polar surface area (TPSA) is 48.9 Å². The molecular weight excluding hydrogens is 403 g/mol. The second-order valence-corrected chi connectivity index (χ2v) is 6.68. The van der Waals surface area contributed by atoms with E-state index in [4.69, 9.17) is 4.74 Å². The largest absolute Gasteiger partial charge is 0.379 e. The van der Waals surface area contributed by atoms with Gasteiger partial charge in [0.2, 0.25) is 0 Å². The zero-order valence-corrected chi connectivity index (χ0v) is 17.8. The lowest BCUT2D eigenvalue weighted by molar-refractivity contribution is 0.0372. The lowest BCUT2D eigenvalue weighted by Gasteiger charge is -2.26. The van der Waals surface area contributed by atoms with Gasteiger partial charge in [0.05, 0.1) is 13.2 Å². The lowest BCUT2D eigenvalue weighted by atomic mass is 10.0. The van der Waals surface area contributed by atoms with Gasteiger partial charge in [0.15, 0.2) is 5.96 Å². The van der Waals surface area contributed by atoms with Crippen molar-refractivity contribution in [1.29, 1.82) is 0 Å². The molecule has 1 rings (SSSR count). The quantitative estimate of drug-likeness (QED) is 0.251. The summed E-state index contributed by atoms with van der Waals surface area (Å²) in [4.78, 5) is 6.80. The molecule has 0 aromatic heterocycles. The maximum Gasteiger partial charge on any atom is 0.191 e. The molecule has 0 radical (unpaired) electrons. The first-order chi connectivity index (χ1) is 10.6. The normalized spacial score (nSPS) is 17.7. The summed E-state index contributed by atoms with van der Waals surface area (Å²) >= 11 is 0. The number of aliphatic imine (C=N–C) groups is 1. The third-order valence-electron chi connectivity index (χ3n) is 4.08. The number of ether oxygens (including phenoxy) is 1. The van der Waals surface area contributed by atoms with E-state index in [1.807, 2.05) is 7.05 Å². The van der Waals surface area contributed by atoms with Gasteiger partial charge in [-0.1, -0.05) is 13.8 Å². The Bertz CT molecular complexity index is 307. The molecule has 1 atom stereocenters. The molecule has 1 unspecified atom stereocenters. The van der Waals surface area contributed by atoms with Crippen LogP contribution < -0.4 is 10.6 Å². The summed E-state index contributed by atoms with van der Waals surface area (Å²) < 4.78 is 5.37. The monoisotopic (exact) mass is 440 g/mol. The van der Waals surface area contributed by atoms with Crippen molar-refractivity contribution in [1.82, 2.24) is 15.5 Å². The fourth-order valence-electron chi connectivity index (χ4n) is 2.58. The summed E-state index contributed by atoms with van der Waals surface area (Å²) in [5.41, 5.74) is 0. The van der Waals surface area contributed by atoms with Crippen LogP contribution in [-0.2, 0) is 4.74 Å². The SMILES string of the molecule is CN=C(NCCCCN1CCOCC1)NC(C)CCC(C)C.I. The second kappa shape index (κ2) is 14.3. The molecule has 1 heterocycles. The van der Waals surface area contributed by atoms with Crippen molar-refractivity contribution >= 4 is 29.9 Å². The van der Waals surface area contributed by atoms with Crippen LogP contribution in [0.5, 0.6) is 0 Å². The fourth-order valence-corrected chi connectivity index (χ4v) is 2.58. The Morgan fingerprint density at radius 2 is 1.83 bits per heavy atom. The Morgan fingerprint density at radius 3 is 2.43 bits per heavy atom. The molecule has 0 amide bonds. The van der Waals surface area contributed by atoms with Gasteiger partial charge in [-0.2, -0.15) is 0 Å². The van der Waals surface area contributed by atoms with E-state index in [-0.39, 0.29) is 24.0 Å². The zero-order chi connectivity index (χ0) is 16.2. The molecule has 0 spiro atoms. The Morgan fingerprint density at radius 1 is 1.13 bits per heavy atom. The van der Waals surface area contributed by atoms with Crippen LogP contribution in [0.15, 0.2) is 4.99 Å². The van der Waals surface area contributed by atoms with E-state index >= 15 is 0 Å². The highest BCUT2D eigenvalue weighted by atomic mass is 127. The molecule has 0 bridgehead atoms. The third kappa shape index (κ3) is 12.0. The number of morpholine rings is 1. The van der Waals surface area contributed by atoms with E-state index in [1.54, 1.807) is 0 Å². The van der Waals surface area contributed by atoms with Gasteiger partial charge in [-0.15, -0.1) is 24.0 Å². The molecular formula is C17H37IN4O. The lowest BCUT2D eigenvalue weighted by Crippen LogP contribution is -2.42. The molecule has 1 saturated heterocycles. The number of nitrogens with one attached hydrogen (secondary N) is 2. The number of nitrogens with zero attached hydrogens (tertiary/aromatic N) is 2. The number of halogens is 1. The summed E-state index contributed by atoms with van der Waals surface area (Å²) in [6.07, 6.45) is 4.85. The van der Waals surface area contributed by atoms with Crippen molar-refractivity contribution in [3.63, 3.8) is 0 Å². The van der Waals surface area contributed by atoms with Gasteiger partial charge in [0.1, 0.15) is 0 Å². The van der Waals surface area contributed by atoms with Crippen LogP contribution in [0.25, 0.3) is 0 Å². The Labute approximate surface area is 160 Å². The van der Waals surface area contributed by atoms with Crippen molar-refractivity contribution in [3.8, 4) is 0 Å². The fraction of sp³-hybridized carbons (Fsp3) is 0.941. The molecule has 0 aliphatic carbocycles. The summed E-state index contributed by atoms with van der Waals surface area (Å²) in [6.45, 7) is 12.9.